The summed E-state index contributed by atoms with van der Waals surface area (Å²) in [7, 11) is 0. The molecule has 232 valence electrons. The van der Waals surface area contributed by atoms with Crippen molar-refractivity contribution in [3.63, 3.8) is 0 Å². The molecule has 9 aromatic rings. The van der Waals surface area contributed by atoms with Crippen molar-refractivity contribution in [1.82, 2.24) is 14.4 Å². The molecule has 5 heterocycles. The van der Waals surface area contributed by atoms with Gasteiger partial charge in [-0.3, -0.25) is 4.98 Å². The number of hydrogen-bond donors (Lipinski definition) is 0. The molecule has 0 saturated carbocycles. The Morgan fingerprint density at radius 3 is 2.42 bits per heavy atom. The van der Waals surface area contributed by atoms with E-state index in [4.69, 9.17) is 14.1 Å². The van der Waals surface area contributed by atoms with Crippen LogP contribution < -0.4 is 9.64 Å². The third kappa shape index (κ3) is 4.02. The van der Waals surface area contributed by atoms with E-state index in [1.807, 2.05) is 73.2 Å². The molecule has 6 nitrogen and oxygen atoms in total. The SMILES string of the molecule is CC1(C)c2cccnc2N(c2[c-]c(Oc3[c-]c4c(cc3)c3ccccc3n3ccnc43)ccc2)c2c1ccc1c2oc2ccccc21.[Pt+2]. The van der Waals surface area contributed by atoms with Crippen molar-refractivity contribution in [3.05, 3.63) is 145 Å². The van der Waals surface area contributed by atoms with Crippen LogP contribution in [0.4, 0.5) is 17.2 Å². The van der Waals surface area contributed by atoms with Crippen LogP contribution in [0.1, 0.15) is 25.0 Å². The summed E-state index contributed by atoms with van der Waals surface area (Å²) >= 11 is 0. The Morgan fingerprint density at radius 1 is 0.688 bits per heavy atom. The first-order valence-electron chi connectivity index (χ1n) is 15.7. The summed E-state index contributed by atoms with van der Waals surface area (Å²) in [6, 6.07) is 42.2. The van der Waals surface area contributed by atoms with Crippen molar-refractivity contribution >= 4 is 66.5 Å². The smallest absolute Gasteiger partial charge is 0.503 e. The second-order valence-electron chi connectivity index (χ2n) is 12.5. The summed E-state index contributed by atoms with van der Waals surface area (Å²) < 4.78 is 15.2. The largest absolute Gasteiger partial charge is 2.00 e. The number of hydrogen-bond acceptors (Lipinski definition) is 5. The van der Waals surface area contributed by atoms with Crippen LogP contribution in [0.2, 0.25) is 0 Å². The molecule has 0 fully saturated rings. The van der Waals surface area contributed by atoms with Gasteiger partial charge in [0.2, 0.25) is 0 Å². The Kier molecular flexibility index (Phi) is 6.31. The molecule has 0 N–H and O–H groups in total. The summed E-state index contributed by atoms with van der Waals surface area (Å²) in [6.45, 7) is 4.49. The van der Waals surface area contributed by atoms with Gasteiger partial charge in [-0.15, -0.1) is 30.3 Å². The molecular formula is C41H26N4O2Pt. The van der Waals surface area contributed by atoms with E-state index in [9.17, 15) is 0 Å². The molecule has 0 bridgehead atoms. The fourth-order valence-electron chi connectivity index (χ4n) is 7.32. The van der Waals surface area contributed by atoms with Crippen molar-refractivity contribution in [2.24, 2.45) is 0 Å². The van der Waals surface area contributed by atoms with E-state index >= 15 is 0 Å². The van der Waals surface area contributed by atoms with E-state index in [-0.39, 0.29) is 26.5 Å². The Bertz CT molecular complexity index is 2730. The number of pyridine rings is 2. The number of fused-ring (bicyclic) bond motifs is 12. The minimum atomic E-state index is -0.306. The third-order valence-corrected chi connectivity index (χ3v) is 9.54. The molecule has 7 heteroatoms. The monoisotopic (exact) mass is 801 g/mol. The van der Waals surface area contributed by atoms with E-state index in [1.165, 1.54) is 0 Å². The molecule has 1 aliphatic heterocycles. The van der Waals surface area contributed by atoms with E-state index in [2.05, 4.69) is 88.8 Å². The van der Waals surface area contributed by atoms with Crippen molar-refractivity contribution in [3.8, 4) is 11.5 Å². The van der Waals surface area contributed by atoms with Gasteiger partial charge in [0.25, 0.3) is 0 Å². The normalized spacial score (nSPS) is 13.6. The first kappa shape index (κ1) is 28.7. The van der Waals surface area contributed by atoms with Crippen LogP contribution in [0.15, 0.2) is 126 Å². The fraction of sp³-hybridized carbons (Fsp3) is 0.0732. The zero-order valence-electron chi connectivity index (χ0n) is 26.0. The number of ether oxygens (including phenoxy) is 1. The van der Waals surface area contributed by atoms with Crippen LogP contribution in [0.25, 0.3) is 49.3 Å². The Morgan fingerprint density at radius 2 is 1.50 bits per heavy atom. The van der Waals surface area contributed by atoms with Gasteiger partial charge < -0.3 is 18.5 Å². The van der Waals surface area contributed by atoms with Gasteiger partial charge in [-0.1, -0.05) is 91.0 Å². The minimum absolute atomic E-state index is 0. The van der Waals surface area contributed by atoms with E-state index in [0.29, 0.717) is 11.5 Å². The van der Waals surface area contributed by atoms with Gasteiger partial charge in [-0.25, -0.2) is 4.98 Å². The molecule has 5 aromatic carbocycles. The van der Waals surface area contributed by atoms with Crippen molar-refractivity contribution < 1.29 is 30.2 Å². The van der Waals surface area contributed by atoms with Crippen LogP contribution in [0.3, 0.4) is 0 Å². The molecular weight excluding hydrogens is 776 g/mol. The van der Waals surface area contributed by atoms with E-state index < -0.39 is 0 Å². The first-order chi connectivity index (χ1) is 23.1. The van der Waals surface area contributed by atoms with Gasteiger partial charge in [0, 0.05) is 57.4 Å². The maximum Gasteiger partial charge on any atom is 2.00 e. The standard InChI is InChI=1S/C41H26N4O2.Pt/c1-41(2)33-19-18-31-30-12-4-6-15-36(30)47-38(31)37(33)45(40-34(41)13-8-20-42-40)25-9-7-10-26(23-25)46-27-16-17-28-29-11-3-5-14-35(29)44-22-21-43-39(44)32(28)24-27;/h3-22H,1-2H3;/q-2;+2. The number of rotatable bonds is 3. The van der Waals surface area contributed by atoms with Crippen molar-refractivity contribution in [2.45, 2.75) is 19.3 Å². The predicted molar refractivity (Wildman–Crippen MR) is 186 cm³/mol. The number of furan rings is 1. The van der Waals surface area contributed by atoms with Crippen LogP contribution in [0, 0.1) is 12.1 Å². The molecule has 4 aromatic heterocycles. The van der Waals surface area contributed by atoms with E-state index in [1.54, 1.807) is 0 Å². The number of anilines is 3. The zero-order valence-corrected chi connectivity index (χ0v) is 28.2. The summed E-state index contributed by atoms with van der Waals surface area (Å²) in [6.07, 6.45) is 5.65. The van der Waals surface area contributed by atoms with Gasteiger partial charge in [0.1, 0.15) is 11.4 Å². The van der Waals surface area contributed by atoms with Crippen molar-refractivity contribution in [2.75, 3.05) is 4.90 Å². The Balaban J connectivity index is 0.00000314. The average molecular weight is 802 g/mol. The molecule has 1 aliphatic rings. The summed E-state index contributed by atoms with van der Waals surface area (Å²) in [5.41, 5.74) is 7.37. The quantitative estimate of drug-likeness (QED) is 0.132. The molecule has 0 spiro atoms. The second-order valence-corrected chi connectivity index (χ2v) is 12.5. The molecule has 0 saturated heterocycles. The van der Waals surface area contributed by atoms with Gasteiger partial charge in [0.05, 0.1) is 11.3 Å². The Hall–Kier alpha value is -5.45. The van der Waals surface area contributed by atoms with E-state index in [0.717, 1.165) is 77.6 Å². The number of aromatic nitrogens is 3. The third-order valence-electron chi connectivity index (χ3n) is 9.54. The van der Waals surface area contributed by atoms with Crippen molar-refractivity contribution in [1.29, 1.82) is 0 Å². The summed E-state index contributed by atoms with van der Waals surface area (Å²) in [5.74, 6) is 2.00. The number of nitrogens with zero attached hydrogens (tertiary/aromatic N) is 4. The Labute approximate surface area is 290 Å². The molecule has 0 amide bonds. The topological polar surface area (TPSA) is 55.8 Å². The fourth-order valence-corrected chi connectivity index (χ4v) is 7.32. The summed E-state index contributed by atoms with van der Waals surface area (Å²) in [4.78, 5) is 11.8. The minimum Gasteiger partial charge on any atom is -0.503 e. The zero-order chi connectivity index (χ0) is 31.3. The number of benzene rings is 5. The summed E-state index contributed by atoms with van der Waals surface area (Å²) in [5, 5.41) is 5.27. The molecule has 0 atom stereocenters. The molecule has 48 heavy (non-hydrogen) atoms. The van der Waals surface area contributed by atoms with Crippen LogP contribution in [-0.2, 0) is 26.5 Å². The molecule has 0 radical (unpaired) electrons. The predicted octanol–water partition coefficient (Wildman–Crippen LogP) is 10.4. The maximum atomic E-state index is 6.61. The van der Waals surface area contributed by atoms with Crippen LogP contribution in [0.5, 0.6) is 11.5 Å². The number of imidazole rings is 1. The average Bonchev–Trinajstić information content (AvgIpc) is 3.75. The first-order valence-corrected chi connectivity index (χ1v) is 15.7. The van der Waals surface area contributed by atoms with Gasteiger partial charge in [-0.05, 0) is 29.1 Å². The number of para-hydroxylation sites is 2. The molecule has 0 unspecified atom stereocenters. The van der Waals surface area contributed by atoms with Crippen LogP contribution >= 0.6 is 0 Å². The van der Waals surface area contributed by atoms with Gasteiger partial charge in [-0.2, -0.15) is 6.07 Å². The van der Waals surface area contributed by atoms with Gasteiger partial charge in [0.15, 0.2) is 5.58 Å². The second kappa shape index (κ2) is 10.5. The molecule has 10 rings (SSSR count). The molecule has 0 aliphatic carbocycles. The van der Waals surface area contributed by atoms with Crippen LogP contribution in [-0.4, -0.2) is 14.4 Å². The van der Waals surface area contributed by atoms with Gasteiger partial charge >= 0.3 is 21.1 Å². The maximum absolute atomic E-state index is 6.61.